The Hall–Kier alpha value is 0.0400. The smallest absolute Gasteiger partial charge is 0.403 e. The van der Waals surface area contributed by atoms with Crippen LogP contribution in [-0.4, -0.2) is 9.79 Å². The predicted octanol–water partition coefficient (Wildman–Crippen LogP) is 3.12. The average molecular weight is 277 g/mol. The van der Waals surface area contributed by atoms with Crippen molar-refractivity contribution in [2.45, 2.75) is 0 Å². The van der Waals surface area contributed by atoms with Crippen molar-refractivity contribution in [3.63, 3.8) is 0 Å². The first-order valence-corrected chi connectivity index (χ1v) is 5.86. The molecule has 0 heterocycles. The van der Waals surface area contributed by atoms with Crippen LogP contribution < -0.4 is 4.52 Å². The maximum absolute atomic E-state index is 10.5. The quantitative estimate of drug-likeness (QED) is 0.644. The molecule has 4 nitrogen and oxygen atoms in total. The maximum atomic E-state index is 10.5. The van der Waals surface area contributed by atoms with Gasteiger partial charge in [0.2, 0.25) is 0 Å². The molecule has 1 aromatic rings. The van der Waals surface area contributed by atoms with Crippen LogP contribution in [0.4, 0.5) is 0 Å². The minimum Gasteiger partial charge on any atom is -0.403 e. The maximum Gasteiger partial charge on any atom is 0.524 e. The number of phosphoric acid groups is 1. The van der Waals surface area contributed by atoms with E-state index in [1.54, 1.807) is 0 Å². The summed E-state index contributed by atoms with van der Waals surface area (Å²) in [6, 6.07) is 2.49. The highest BCUT2D eigenvalue weighted by Crippen LogP contribution is 2.44. The fraction of sp³-hybridized carbons (Fsp3) is 0. The van der Waals surface area contributed by atoms with Gasteiger partial charge in [0.25, 0.3) is 0 Å². The normalized spacial score (nSPS) is 11.5. The van der Waals surface area contributed by atoms with Gasteiger partial charge in [-0.2, -0.15) is 0 Å². The molecule has 0 aromatic heterocycles. The monoisotopic (exact) mass is 276 g/mol. The van der Waals surface area contributed by atoms with Crippen LogP contribution in [-0.2, 0) is 4.57 Å². The van der Waals surface area contributed by atoms with Gasteiger partial charge in [0.05, 0.1) is 5.02 Å². The average Bonchev–Trinajstić information content (AvgIpc) is 1.96. The zero-order valence-electron chi connectivity index (χ0n) is 6.45. The molecule has 1 aromatic carbocycles. The van der Waals surface area contributed by atoms with E-state index in [2.05, 4.69) is 4.52 Å². The van der Waals surface area contributed by atoms with Gasteiger partial charge in [0.15, 0.2) is 5.75 Å². The van der Waals surface area contributed by atoms with Crippen molar-refractivity contribution in [3.8, 4) is 5.75 Å². The number of rotatable bonds is 2. The zero-order chi connectivity index (χ0) is 10.9. The summed E-state index contributed by atoms with van der Waals surface area (Å²) in [6.45, 7) is 0. The predicted molar refractivity (Wildman–Crippen MR) is 54.1 cm³/mol. The number of halogens is 3. The van der Waals surface area contributed by atoms with E-state index in [1.165, 1.54) is 6.07 Å². The highest BCUT2D eigenvalue weighted by atomic mass is 35.5. The molecule has 8 heteroatoms. The van der Waals surface area contributed by atoms with Crippen LogP contribution >= 0.6 is 42.6 Å². The molecular formula is C6H4Cl3O4P. The van der Waals surface area contributed by atoms with E-state index in [0.717, 1.165) is 6.07 Å². The lowest BCUT2D eigenvalue weighted by Crippen LogP contribution is -1.91. The second-order valence-electron chi connectivity index (χ2n) is 2.28. The van der Waals surface area contributed by atoms with Crippen LogP contribution in [0.3, 0.4) is 0 Å². The summed E-state index contributed by atoms with van der Waals surface area (Å²) >= 11 is 16.8. The molecule has 0 fully saturated rings. The molecule has 78 valence electrons. The molecule has 14 heavy (non-hydrogen) atoms. The van der Waals surface area contributed by atoms with E-state index in [0.29, 0.717) is 0 Å². The van der Waals surface area contributed by atoms with Gasteiger partial charge >= 0.3 is 7.82 Å². The van der Waals surface area contributed by atoms with Crippen molar-refractivity contribution in [3.05, 3.63) is 27.2 Å². The van der Waals surface area contributed by atoms with Gasteiger partial charge in [0.1, 0.15) is 5.02 Å². The minimum atomic E-state index is -4.66. The Bertz CT molecular complexity index is 402. The van der Waals surface area contributed by atoms with E-state index in [9.17, 15) is 4.57 Å². The molecule has 0 aliphatic carbocycles. The van der Waals surface area contributed by atoms with Gasteiger partial charge < -0.3 is 4.52 Å². The van der Waals surface area contributed by atoms with Crippen molar-refractivity contribution in [1.29, 1.82) is 0 Å². The van der Waals surface area contributed by atoms with Gasteiger partial charge in [-0.1, -0.05) is 34.8 Å². The van der Waals surface area contributed by atoms with Gasteiger partial charge in [-0.05, 0) is 6.07 Å². The van der Waals surface area contributed by atoms with Crippen LogP contribution in [0.15, 0.2) is 12.1 Å². The third-order valence-electron chi connectivity index (χ3n) is 1.18. The highest BCUT2D eigenvalue weighted by molar-refractivity contribution is 7.46. The third kappa shape index (κ3) is 3.31. The van der Waals surface area contributed by atoms with E-state index < -0.39 is 7.82 Å². The fourth-order valence-electron chi connectivity index (χ4n) is 0.727. The largest absolute Gasteiger partial charge is 0.524 e. The summed E-state index contributed by atoms with van der Waals surface area (Å²) < 4.78 is 14.8. The van der Waals surface area contributed by atoms with Crippen molar-refractivity contribution < 1.29 is 18.9 Å². The fourth-order valence-corrected chi connectivity index (χ4v) is 1.80. The Balaban J connectivity index is 3.15. The van der Waals surface area contributed by atoms with Crippen LogP contribution in [0.2, 0.25) is 15.1 Å². The second kappa shape index (κ2) is 4.27. The molecule has 2 N–H and O–H groups in total. The van der Waals surface area contributed by atoms with E-state index in [4.69, 9.17) is 44.6 Å². The van der Waals surface area contributed by atoms with Gasteiger partial charge in [-0.25, -0.2) is 4.57 Å². The summed E-state index contributed by atoms with van der Waals surface area (Å²) in [5, 5.41) is 0.129. The van der Waals surface area contributed by atoms with E-state index in [1.807, 2.05) is 0 Å². The molecule has 0 radical (unpaired) electrons. The molecule has 0 amide bonds. The first kappa shape index (κ1) is 12.1. The zero-order valence-corrected chi connectivity index (χ0v) is 9.61. The van der Waals surface area contributed by atoms with Crippen molar-refractivity contribution in [2.75, 3.05) is 0 Å². The lowest BCUT2D eigenvalue weighted by atomic mass is 10.3. The van der Waals surface area contributed by atoms with Crippen molar-refractivity contribution >= 4 is 42.6 Å². The van der Waals surface area contributed by atoms with Crippen LogP contribution in [0.25, 0.3) is 0 Å². The molecule has 0 saturated heterocycles. The number of phosphoric ester groups is 1. The Morgan fingerprint density at radius 2 is 1.79 bits per heavy atom. The molecule has 0 spiro atoms. The summed E-state index contributed by atoms with van der Waals surface area (Å²) in [5.74, 6) is -0.252. The van der Waals surface area contributed by atoms with E-state index >= 15 is 0 Å². The summed E-state index contributed by atoms with van der Waals surface area (Å²) in [7, 11) is -4.66. The Kier molecular flexibility index (Phi) is 3.69. The second-order valence-corrected chi connectivity index (χ2v) is 4.67. The summed E-state index contributed by atoms with van der Waals surface area (Å²) in [4.78, 5) is 17.0. The van der Waals surface area contributed by atoms with E-state index in [-0.39, 0.29) is 20.8 Å². The summed E-state index contributed by atoms with van der Waals surface area (Å²) in [6.07, 6.45) is 0. The molecule has 0 saturated carbocycles. The number of hydrogen-bond acceptors (Lipinski definition) is 2. The minimum absolute atomic E-state index is 0.0580. The molecule has 0 atom stereocenters. The Morgan fingerprint density at radius 1 is 1.21 bits per heavy atom. The molecular weight excluding hydrogens is 273 g/mol. The molecule has 0 bridgehead atoms. The third-order valence-corrected chi connectivity index (χ3v) is 2.61. The number of hydrogen-bond donors (Lipinski definition) is 2. The molecule has 0 aliphatic rings. The molecule has 1 rings (SSSR count). The van der Waals surface area contributed by atoms with Crippen molar-refractivity contribution in [1.82, 2.24) is 0 Å². The highest BCUT2D eigenvalue weighted by Gasteiger charge is 2.19. The lowest BCUT2D eigenvalue weighted by Gasteiger charge is -2.09. The van der Waals surface area contributed by atoms with Crippen LogP contribution in [0.1, 0.15) is 0 Å². The van der Waals surface area contributed by atoms with Gasteiger partial charge in [-0.15, -0.1) is 0 Å². The van der Waals surface area contributed by atoms with Gasteiger partial charge in [0, 0.05) is 11.1 Å². The van der Waals surface area contributed by atoms with Crippen LogP contribution in [0, 0.1) is 0 Å². The SMILES string of the molecule is O=P(O)(O)Oc1cc(Cl)cc(Cl)c1Cl. The van der Waals surface area contributed by atoms with Gasteiger partial charge in [-0.3, -0.25) is 9.79 Å². The Labute approximate surface area is 94.6 Å². The van der Waals surface area contributed by atoms with Crippen molar-refractivity contribution in [2.24, 2.45) is 0 Å². The molecule has 0 aliphatic heterocycles. The summed E-state index contributed by atoms with van der Waals surface area (Å²) in [5.41, 5.74) is 0. The molecule has 0 unspecified atom stereocenters. The topological polar surface area (TPSA) is 66.8 Å². The number of benzene rings is 1. The first-order valence-electron chi connectivity index (χ1n) is 3.19. The first-order chi connectivity index (χ1) is 6.29. The standard InChI is InChI=1S/C6H4Cl3O4P/c7-3-1-4(8)6(9)5(2-3)13-14(10,11)12/h1-2H,(H2,10,11,12). The lowest BCUT2D eigenvalue weighted by molar-refractivity contribution is 0.283. The Morgan fingerprint density at radius 3 is 2.29 bits per heavy atom. The van der Waals surface area contributed by atoms with Crippen LogP contribution in [0.5, 0.6) is 5.75 Å².